The Hall–Kier alpha value is -1.48. The lowest BCUT2D eigenvalue weighted by molar-refractivity contribution is 0.0529. The molecule has 1 atom stereocenters. The van der Waals surface area contributed by atoms with Crippen molar-refractivity contribution >= 4 is 27.2 Å². The molecule has 24 heavy (non-hydrogen) atoms. The number of rotatable bonds is 5. The van der Waals surface area contributed by atoms with Crippen LogP contribution in [0.4, 0.5) is 5.82 Å². The Morgan fingerprint density at radius 1 is 1.38 bits per heavy atom. The maximum atomic E-state index is 12.2. The van der Waals surface area contributed by atoms with Gasteiger partial charge in [0.25, 0.3) is 0 Å². The summed E-state index contributed by atoms with van der Waals surface area (Å²) in [6, 6.07) is 7.27. The van der Waals surface area contributed by atoms with E-state index in [0.717, 1.165) is 29.3 Å². The van der Waals surface area contributed by atoms with Gasteiger partial charge in [0, 0.05) is 30.7 Å². The van der Waals surface area contributed by atoms with E-state index in [4.69, 9.17) is 4.74 Å². The summed E-state index contributed by atoms with van der Waals surface area (Å²) in [5.74, 6) is 0.894. The second kappa shape index (κ2) is 7.18. The third-order valence-corrected chi connectivity index (χ3v) is 6.71. The van der Waals surface area contributed by atoms with Crippen LogP contribution in [0.3, 0.4) is 0 Å². The zero-order chi connectivity index (χ0) is 17.2. The molecule has 0 radical (unpaired) electrons. The highest BCUT2D eigenvalue weighted by atomic mass is 32.2. The Bertz CT molecular complexity index is 787. The van der Waals surface area contributed by atoms with Crippen LogP contribution >= 0.6 is 11.3 Å². The number of hydrogen-bond acceptors (Lipinski definition) is 6. The van der Waals surface area contributed by atoms with Gasteiger partial charge < -0.3 is 9.64 Å². The number of ether oxygens (including phenoxy) is 1. The normalized spacial score (nSPS) is 18.8. The summed E-state index contributed by atoms with van der Waals surface area (Å²) in [6.07, 6.45) is 1.92. The van der Waals surface area contributed by atoms with Gasteiger partial charge in [0.05, 0.1) is 12.7 Å². The second-order valence-electron chi connectivity index (χ2n) is 5.84. The lowest BCUT2D eigenvalue weighted by Crippen LogP contribution is -2.41. The van der Waals surface area contributed by atoms with E-state index in [0.29, 0.717) is 10.8 Å². The highest BCUT2D eigenvalue weighted by Crippen LogP contribution is 2.21. The number of hydrogen-bond donors (Lipinski definition) is 1. The molecule has 1 aliphatic heterocycles. The number of nitrogens with zero attached hydrogens (tertiary/aromatic N) is 2. The molecule has 8 heteroatoms. The van der Waals surface area contributed by atoms with E-state index in [2.05, 4.69) is 14.6 Å². The Labute approximate surface area is 146 Å². The van der Waals surface area contributed by atoms with Crippen LogP contribution < -0.4 is 9.62 Å². The average Bonchev–Trinajstić information content (AvgIpc) is 3.01. The molecule has 0 aliphatic carbocycles. The number of pyridine rings is 1. The van der Waals surface area contributed by atoms with Gasteiger partial charge in [-0.25, -0.2) is 18.1 Å². The van der Waals surface area contributed by atoms with Gasteiger partial charge in [-0.1, -0.05) is 6.07 Å². The topological polar surface area (TPSA) is 71.5 Å². The second-order valence-corrected chi connectivity index (χ2v) is 9.12. The fourth-order valence-electron chi connectivity index (χ4n) is 2.54. The van der Waals surface area contributed by atoms with Crippen molar-refractivity contribution < 1.29 is 13.2 Å². The predicted molar refractivity (Wildman–Crippen MR) is 94.9 cm³/mol. The highest BCUT2D eigenvalue weighted by molar-refractivity contribution is 7.91. The summed E-state index contributed by atoms with van der Waals surface area (Å²) in [7, 11) is -3.46. The number of thiophene rings is 1. The van der Waals surface area contributed by atoms with Crippen molar-refractivity contribution in [2.75, 3.05) is 24.6 Å². The molecular formula is C16H21N3O3S2. The zero-order valence-electron chi connectivity index (χ0n) is 13.7. The summed E-state index contributed by atoms with van der Waals surface area (Å²) in [5.41, 5.74) is 0.830. The minimum Gasteiger partial charge on any atom is -0.375 e. The fraction of sp³-hybridized carbons (Fsp3) is 0.438. The molecule has 3 rings (SSSR count). The quantitative estimate of drug-likeness (QED) is 0.877. The van der Waals surface area contributed by atoms with E-state index in [1.54, 1.807) is 18.3 Å². The van der Waals surface area contributed by atoms with Gasteiger partial charge in [-0.15, -0.1) is 11.3 Å². The van der Waals surface area contributed by atoms with Crippen molar-refractivity contribution in [3.8, 4) is 0 Å². The van der Waals surface area contributed by atoms with Crippen molar-refractivity contribution in [3.63, 3.8) is 0 Å². The molecule has 1 N–H and O–H groups in total. The molecule has 0 saturated carbocycles. The van der Waals surface area contributed by atoms with Crippen molar-refractivity contribution in [1.29, 1.82) is 0 Å². The number of morpholine rings is 1. The summed E-state index contributed by atoms with van der Waals surface area (Å²) in [5, 5.41) is 0. The van der Waals surface area contributed by atoms with Crippen LogP contribution in [-0.2, 0) is 21.3 Å². The minimum atomic E-state index is -3.46. The van der Waals surface area contributed by atoms with Gasteiger partial charge in [-0.3, -0.25) is 0 Å². The maximum Gasteiger partial charge on any atom is 0.250 e. The van der Waals surface area contributed by atoms with Crippen LogP contribution in [0.1, 0.15) is 17.4 Å². The zero-order valence-corrected chi connectivity index (χ0v) is 15.4. The molecular weight excluding hydrogens is 346 g/mol. The Kier molecular flexibility index (Phi) is 5.19. The number of anilines is 1. The van der Waals surface area contributed by atoms with Crippen molar-refractivity contribution in [3.05, 3.63) is 40.9 Å². The van der Waals surface area contributed by atoms with Crippen molar-refractivity contribution in [2.24, 2.45) is 0 Å². The third-order valence-electron chi connectivity index (χ3n) is 3.82. The summed E-state index contributed by atoms with van der Waals surface area (Å²) >= 11 is 1.27. The first-order valence-corrected chi connectivity index (χ1v) is 10.1. The number of nitrogens with one attached hydrogen (secondary N) is 1. The van der Waals surface area contributed by atoms with Crippen LogP contribution in [0.25, 0.3) is 0 Å². The summed E-state index contributed by atoms with van der Waals surface area (Å²) < 4.78 is 32.9. The lowest BCUT2D eigenvalue weighted by Gasteiger charge is -2.32. The van der Waals surface area contributed by atoms with Crippen LogP contribution in [0, 0.1) is 6.92 Å². The van der Waals surface area contributed by atoms with Gasteiger partial charge in [0.2, 0.25) is 10.0 Å². The van der Waals surface area contributed by atoms with Crippen LogP contribution in [0.15, 0.2) is 34.7 Å². The SMILES string of the molecule is Cc1ccc(S(=O)(=O)NCc2ccc(N3CCO[C@@H](C)C3)nc2)s1. The van der Waals surface area contributed by atoms with Gasteiger partial charge in [0.1, 0.15) is 10.0 Å². The largest absolute Gasteiger partial charge is 0.375 e. The molecule has 0 bridgehead atoms. The average molecular weight is 367 g/mol. The summed E-state index contributed by atoms with van der Waals surface area (Å²) in [6.45, 7) is 6.49. The number of aryl methyl sites for hydroxylation is 1. The molecule has 0 spiro atoms. The molecule has 1 aliphatic rings. The monoisotopic (exact) mass is 367 g/mol. The van der Waals surface area contributed by atoms with Crippen molar-refractivity contribution in [2.45, 2.75) is 30.7 Å². The van der Waals surface area contributed by atoms with E-state index in [9.17, 15) is 8.42 Å². The molecule has 2 aromatic heterocycles. The molecule has 1 fully saturated rings. The maximum absolute atomic E-state index is 12.2. The first-order valence-electron chi connectivity index (χ1n) is 7.81. The van der Waals surface area contributed by atoms with Crippen LogP contribution in [0.5, 0.6) is 0 Å². The van der Waals surface area contributed by atoms with Crippen molar-refractivity contribution in [1.82, 2.24) is 9.71 Å². The first-order chi connectivity index (χ1) is 11.4. The standard InChI is InChI=1S/C16H21N3O3S2/c1-12-11-19(7-8-22-12)15-5-4-14(9-17-15)10-18-24(20,21)16-6-3-13(2)23-16/h3-6,9,12,18H,7-8,10-11H2,1-2H3/t12-/m0/s1. The molecule has 3 heterocycles. The van der Waals surface area contributed by atoms with Gasteiger partial charge in [-0.2, -0.15) is 0 Å². The smallest absolute Gasteiger partial charge is 0.250 e. The van der Waals surface area contributed by atoms with Gasteiger partial charge >= 0.3 is 0 Å². The van der Waals surface area contributed by atoms with Gasteiger partial charge in [-0.05, 0) is 37.6 Å². The molecule has 1 saturated heterocycles. The molecule has 0 aromatic carbocycles. The molecule has 6 nitrogen and oxygen atoms in total. The Morgan fingerprint density at radius 3 is 2.83 bits per heavy atom. The first kappa shape index (κ1) is 17.3. The van der Waals surface area contributed by atoms with E-state index in [1.807, 2.05) is 26.0 Å². The minimum absolute atomic E-state index is 0.196. The van der Waals surface area contributed by atoms with E-state index in [-0.39, 0.29) is 12.6 Å². The fourth-order valence-corrected chi connectivity index (χ4v) is 4.89. The van der Waals surface area contributed by atoms with E-state index in [1.165, 1.54) is 11.3 Å². The van der Waals surface area contributed by atoms with E-state index >= 15 is 0 Å². The highest BCUT2D eigenvalue weighted by Gasteiger charge is 2.18. The predicted octanol–water partition coefficient (Wildman–Crippen LogP) is 2.16. The molecule has 0 amide bonds. The van der Waals surface area contributed by atoms with Gasteiger partial charge in [0.15, 0.2) is 0 Å². The van der Waals surface area contributed by atoms with E-state index < -0.39 is 10.0 Å². The Balaban J connectivity index is 1.62. The summed E-state index contributed by atoms with van der Waals surface area (Å²) in [4.78, 5) is 7.60. The van der Waals surface area contributed by atoms with Crippen LogP contribution in [-0.4, -0.2) is 39.2 Å². The lowest BCUT2D eigenvalue weighted by atomic mass is 10.2. The molecule has 130 valence electrons. The third kappa shape index (κ3) is 4.13. The van der Waals surface area contributed by atoms with Crippen LogP contribution in [0.2, 0.25) is 0 Å². The molecule has 0 unspecified atom stereocenters. The number of aromatic nitrogens is 1. The number of sulfonamides is 1. The Morgan fingerprint density at radius 2 is 2.21 bits per heavy atom. The molecule has 2 aromatic rings.